The molecular formula is C24H30N2O4S. The van der Waals surface area contributed by atoms with Gasteiger partial charge >= 0.3 is 0 Å². The summed E-state index contributed by atoms with van der Waals surface area (Å²) < 4.78 is 32.8. The fourth-order valence-electron chi connectivity index (χ4n) is 4.29. The minimum absolute atomic E-state index is 0.0420. The lowest BCUT2D eigenvalue weighted by Crippen LogP contribution is -2.44. The Kier molecular flexibility index (Phi) is 6.34. The molecule has 1 heterocycles. The Hall–Kier alpha value is -2.38. The Morgan fingerprint density at radius 3 is 2.29 bits per heavy atom. The van der Waals surface area contributed by atoms with Gasteiger partial charge in [0.1, 0.15) is 5.75 Å². The van der Waals surface area contributed by atoms with Gasteiger partial charge in [-0.15, -0.1) is 0 Å². The van der Waals surface area contributed by atoms with Crippen molar-refractivity contribution in [1.82, 2.24) is 9.62 Å². The number of piperidine rings is 1. The van der Waals surface area contributed by atoms with Crippen molar-refractivity contribution < 1.29 is 17.9 Å². The van der Waals surface area contributed by atoms with E-state index in [1.165, 1.54) is 9.87 Å². The second-order valence-electron chi connectivity index (χ2n) is 8.45. The highest BCUT2D eigenvalue weighted by Gasteiger charge is 2.44. The number of carbonyl (C=O) groups excluding carboxylic acids is 1. The molecule has 2 fully saturated rings. The Labute approximate surface area is 184 Å². The number of sulfonamides is 1. The van der Waals surface area contributed by atoms with Crippen LogP contribution >= 0.6 is 0 Å². The average molecular weight is 443 g/mol. The molecule has 1 aliphatic carbocycles. The largest absolute Gasteiger partial charge is 0.494 e. The van der Waals surface area contributed by atoms with Crippen LogP contribution in [-0.2, 0) is 20.2 Å². The first-order chi connectivity index (χ1) is 14.9. The zero-order valence-electron chi connectivity index (χ0n) is 17.9. The smallest absolute Gasteiger partial charge is 0.243 e. The van der Waals surface area contributed by atoms with Gasteiger partial charge in [0.2, 0.25) is 15.9 Å². The van der Waals surface area contributed by atoms with E-state index in [2.05, 4.69) is 17.4 Å². The van der Waals surface area contributed by atoms with Crippen LogP contribution in [0.5, 0.6) is 5.75 Å². The van der Waals surface area contributed by atoms with E-state index in [4.69, 9.17) is 4.74 Å². The Balaban J connectivity index is 1.30. The highest BCUT2D eigenvalue weighted by atomic mass is 32.2. The zero-order chi connectivity index (χ0) is 21.9. The lowest BCUT2D eigenvalue weighted by molar-refractivity contribution is -0.126. The van der Waals surface area contributed by atoms with E-state index in [9.17, 15) is 13.2 Å². The lowest BCUT2D eigenvalue weighted by Gasteiger charge is -2.31. The minimum atomic E-state index is -3.56. The average Bonchev–Trinajstić information content (AvgIpc) is 3.60. The Morgan fingerprint density at radius 2 is 1.71 bits per heavy atom. The van der Waals surface area contributed by atoms with Crippen molar-refractivity contribution in [2.24, 2.45) is 5.92 Å². The third-order valence-electron chi connectivity index (χ3n) is 6.44. The van der Waals surface area contributed by atoms with Gasteiger partial charge in [0.05, 0.1) is 11.5 Å². The van der Waals surface area contributed by atoms with Crippen molar-refractivity contribution in [1.29, 1.82) is 0 Å². The van der Waals surface area contributed by atoms with Crippen LogP contribution in [0.15, 0.2) is 59.5 Å². The number of carbonyl (C=O) groups is 1. The van der Waals surface area contributed by atoms with Crippen LogP contribution in [0.1, 0.15) is 38.2 Å². The molecule has 1 saturated carbocycles. The summed E-state index contributed by atoms with van der Waals surface area (Å²) in [5.74, 6) is 0.555. The van der Waals surface area contributed by atoms with Crippen molar-refractivity contribution in [2.45, 2.75) is 42.9 Å². The molecule has 2 aromatic carbocycles. The third-order valence-corrected chi connectivity index (χ3v) is 8.35. The summed E-state index contributed by atoms with van der Waals surface area (Å²) in [6, 6.07) is 16.9. The third kappa shape index (κ3) is 4.77. The van der Waals surface area contributed by atoms with Gasteiger partial charge in [0.25, 0.3) is 0 Å². The quantitative estimate of drug-likeness (QED) is 0.680. The molecule has 0 unspecified atom stereocenters. The van der Waals surface area contributed by atoms with Crippen LogP contribution in [0.25, 0.3) is 0 Å². The maximum absolute atomic E-state index is 12.9. The monoisotopic (exact) mass is 442 g/mol. The lowest BCUT2D eigenvalue weighted by atomic mass is 9.94. The van der Waals surface area contributed by atoms with E-state index in [0.717, 1.165) is 12.8 Å². The molecule has 0 radical (unpaired) electrons. The number of ether oxygens (including phenoxy) is 1. The van der Waals surface area contributed by atoms with E-state index in [1.807, 2.05) is 25.1 Å². The van der Waals surface area contributed by atoms with E-state index in [0.29, 0.717) is 44.8 Å². The number of rotatable bonds is 8. The van der Waals surface area contributed by atoms with Gasteiger partial charge in [-0.2, -0.15) is 4.31 Å². The summed E-state index contributed by atoms with van der Waals surface area (Å²) >= 11 is 0. The Bertz CT molecular complexity index is 994. The fraction of sp³-hybridized carbons (Fsp3) is 0.458. The van der Waals surface area contributed by atoms with E-state index in [1.54, 1.807) is 24.3 Å². The summed E-state index contributed by atoms with van der Waals surface area (Å²) in [6.45, 7) is 3.79. The van der Waals surface area contributed by atoms with Gasteiger partial charge in [-0.1, -0.05) is 30.3 Å². The zero-order valence-corrected chi connectivity index (χ0v) is 18.7. The predicted molar refractivity (Wildman–Crippen MR) is 119 cm³/mol. The van der Waals surface area contributed by atoms with Crippen LogP contribution < -0.4 is 10.1 Å². The molecule has 0 atom stereocenters. The molecule has 31 heavy (non-hydrogen) atoms. The second kappa shape index (κ2) is 9.01. The summed E-state index contributed by atoms with van der Waals surface area (Å²) in [6.07, 6.45) is 3.27. The number of benzene rings is 2. The van der Waals surface area contributed by atoms with Crippen LogP contribution in [-0.4, -0.2) is 44.9 Å². The molecule has 0 spiro atoms. The van der Waals surface area contributed by atoms with Crippen LogP contribution in [0, 0.1) is 5.92 Å². The van der Waals surface area contributed by atoms with Crippen molar-refractivity contribution in [3.63, 3.8) is 0 Å². The predicted octanol–water partition coefficient (Wildman–Crippen LogP) is 3.33. The first-order valence-corrected chi connectivity index (χ1v) is 12.4. The fourth-order valence-corrected chi connectivity index (χ4v) is 5.76. The summed E-state index contributed by atoms with van der Waals surface area (Å²) in [7, 11) is -3.56. The van der Waals surface area contributed by atoms with Crippen LogP contribution in [0.4, 0.5) is 0 Å². The van der Waals surface area contributed by atoms with Crippen molar-refractivity contribution in [3.8, 4) is 5.75 Å². The van der Waals surface area contributed by atoms with Gasteiger partial charge in [-0.25, -0.2) is 8.42 Å². The van der Waals surface area contributed by atoms with Gasteiger partial charge < -0.3 is 10.1 Å². The molecule has 1 saturated heterocycles. The summed E-state index contributed by atoms with van der Waals surface area (Å²) in [5.41, 5.74) is 1.36. The van der Waals surface area contributed by atoms with Crippen molar-refractivity contribution in [3.05, 3.63) is 60.2 Å². The van der Waals surface area contributed by atoms with Crippen molar-refractivity contribution >= 4 is 15.9 Å². The molecule has 166 valence electrons. The van der Waals surface area contributed by atoms with Gasteiger partial charge in [-0.05, 0) is 62.4 Å². The number of nitrogens with one attached hydrogen (secondary N) is 1. The van der Waals surface area contributed by atoms with E-state index in [-0.39, 0.29) is 22.1 Å². The van der Waals surface area contributed by atoms with Crippen LogP contribution in [0.2, 0.25) is 0 Å². The topological polar surface area (TPSA) is 75.7 Å². The SMILES string of the molecule is CCOc1ccc(S(=O)(=O)N2CCC(C(=O)NCC3(c4ccccc4)CC3)CC2)cc1. The molecule has 2 aromatic rings. The number of hydrogen-bond acceptors (Lipinski definition) is 4. The maximum atomic E-state index is 12.9. The maximum Gasteiger partial charge on any atom is 0.243 e. The minimum Gasteiger partial charge on any atom is -0.494 e. The van der Waals surface area contributed by atoms with Gasteiger partial charge in [-0.3, -0.25) is 4.79 Å². The van der Waals surface area contributed by atoms with Crippen molar-refractivity contribution in [2.75, 3.05) is 26.2 Å². The molecule has 1 amide bonds. The Morgan fingerprint density at radius 1 is 1.06 bits per heavy atom. The first-order valence-electron chi connectivity index (χ1n) is 11.0. The molecule has 1 aliphatic heterocycles. The number of hydrogen-bond donors (Lipinski definition) is 1. The molecule has 2 aliphatic rings. The number of nitrogens with zero attached hydrogens (tertiary/aromatic N) is 1. The molecule has 0 aromatic heterocycles. The molecule has 1 N–H and O–H groups in total. The standard InChI is InChI=1S/C24H30N2O4S/c1-2-30-21-8-10-22(11-9-21)31(28,29)26-16-12-19(13-17-26)23(27)25-18-24(14-15-24)20-6-4-3-5-7-20/h3-11,19H,2,12-18H2,1H3,(H,25,27). The molecule has 0 bridgehead atoms. The van der Waals surface area contributed by atoms with Crippen LogP contribution in [0.3, 0.4) is 0 Å². The number of amides is 1. The highest BCUT2D eigenvalue weighted by molar-refractivity contribution is 7.89. The van der Waals surface area contributed by atoms with Gasteiger partial charge in [0.15, 0.2) is 0 Å². The summed E-state index contributed by atoms with van der Waals surface area (Å²) in [5, 5.41) is 3.14. The highest BCUT2D eigenvalue weighted by Crippen LogP contribution is 2.47. The molecular weight excluding hydrogens is 412 g/mol. The van der Waals surface area contributed by atoms with Gasteiger partial charge in [0, 0.05) is 31.0 Å². The summed E-state index contributed by atoms with van der Waals surface area (Å²) in [4.78, 5) is 13.0. The van der Waals surface area contributed by atoms with E-state index >= 15 is 0 Å². The molecule has 4 rings (SSSR count). The first kappa shape index (κ1) is 21.8. The second-order valence-corrected chi connectivity index (χ2v) is 10.4. The van der Waals surface area contributed by atoms with E-state index < -0.39 is 10.0 Å². The molecule has 7 heteroatoms. The molecule has 6 nitrogen and oxygen atoms in total. The normalized spacial score (nSPS) is 19.0.